The van der Waals surface area contributed by atoms with Crippen molar-refractivity contribution in [2.75, 3.05) is 20.2 Å². The second-order valence-corrected chi connectivity index (χ2v) is 6.38. The van der Waals surface area contributed by atoms with E-state index >= 15 is 0 Å². The number of carbonyl (C=O) groups is 1. The number of hydrogen-bond donors (Lipinski definition) is 3. The van der Waals surface area contributed by atoms with Crippen LogP contribution in [0.25, 0.3) is 0 Å². The minimum atomic E-state index is -0.485. The Hall–Kier alpha value is -1.95. The molecule has 1 unspecified atom stereocenters. The van der Waals surface area contributed by atoms with Crippen molar-refractivity contribution in [3.05, 3.63) is 23.8 Å². The largest absolute Gasteiger partial charge is 0.508 e. The van der Waals surface area contributed by atoms with Gasteiger partial charge in [-0.2, -0.15) is 0 Å². The smallest absolute Gasteiger partial charge is 0.407 e. The first-order valence-electron chi connectivity index (χ1n) is 7.80. The Morgan fingerprint density at radius 1 is 1.30 bits per heavy atom. The van der Waals surface area contributed by atoms with Crippen molar-refractivity contribution in [1.82, 2.24) is 10.6 Å². The number of phenols is 1. The van der Waals surface area contributed by atoms with E-state index in [0.717, 1.165) is 12.0 Å². The Morgan fingerprint density at radius 2 is 2.00 bits per heavy atom. The fourth-order valence-electron chi connectivity index (χ4n) is 2.03. The SMILES string of the molecule is COc1ccc(O)c(C(C)NCCCNC(=O)OC(C)(C)C)c1. The molecule has 3 N–H and O–H groups in total. The number of methoxy groups -OCH3 is 1. The third-order valence-electron chi connectivity index (χ3n) is 3.17. The highest BCUT2D eigenvalue weighted by Crippen LogP contribution is 2.28. The summed E-state index contributed by atoms with van der Waals surface area (Å²) in [7, 11) is 1.59. The number of amides is 1. The number of rotatable bonds is 7. The number of carbonyl (C=O) groups excluding carboxylic acids is 1. The van der Waals surface area contributed by atoms with Crippen molar-refractivity contribution in [2.24, 2.45) is 0 Å². The van der Waals surface area contributed by atoms with Gasteiger partial charge >= 0.3 is 6.09 Å². The number of ether oxygens (including phenoxy) is 2. The van der Waals surface area contributed by atoms with Crippen LogP contribution < -0.4 is 15.4 Å². The highest BCUT2D eigenvalue weighted by atomic mass is 16.6. The number of phenolic OH excluding ortho intramolecular Hbond substituents is 1. The van der Waals surface area contributed by atoms with Gasteiger partial charge in [0.25, 0.3) is 0 Å². The summed E-state index contributed by atoms with van der Waals surface area (Å²) in [6.45, 7) is 8.69. The zero-order chi connectivity index (χ0) is 17.5. The Kier molecular flexibility index (Phi) is 7.16. The molecule has 1 amide bonds. The summed E-state index contributed by atoms with van der Waals surface area (Å²) >= 11 is 0. The molecule has 23 heavy (non-hydrogen) atoms. The Morgan fingerprint density at radius 3 is 2.61 bits per heavy atom. The molecular weight excluding hydrogens is 296 g/mol. The van der Waals surface area contributed by atoms with Gasteiger partial charge < -0.3 is 25.2 Å². The summed E-state index contributed by atoms with van der Waals surface area (Å²) in [5.41, 5.74) is 0.297. The average molecular weight is 324 g/mol. The van der Waals surface area contributed by atoms with Crippen molar-refractivity contribution in [2.45, 2.75) is 45.8 Å². The van der Waals surface area contributed by atoms with Gasteiger partial charge in [0.05, 0.1) is 7.11 Å². The quantitative estimate of drug-likeness (QED) is 0.672. The molecule has 6 heteroatoms. The maximum Gasteiger partial charge on any atom is 0.407 e. The van der Waals surface area contributed by atoms with Gasteiger partial charge in [-0.25, -0.2) is 4.79 Å². The van der Waals surface area contributed by atoms with Crippen molar-refractivity contribution in [1.29, 1.82) is 0 Å². The molecule has 0 aliphatic rings. The summed E-state index contributed by atoms with van der Waals surface area (Å²) in [5, 5.41) is 15.9. The summed E-state index contributed by atoms with van der Waals surface area (Å²) in [6.07, 6.45) is 0.352. The number of nitrogens with one attached hydrogen (secondary N) is 2. The Bertz CT molecular complexity index is 512. The number of aromatic hydroxyl groups is 1. The second kappa shape index (κ2) is 8.62. The zero-order valence-corrected chi connectivity index (χ0v) is 14.6. The molecule has 0 spiro atoms. The standard InChI is InChI=1S/C17H28N2O4/c1-12(14-11-13(22-5)7-8-15(14)20)18-9-6-10-19-16(21)23-17(2,3)4/h7-8,11-12,18,20H,6,9-10H2,1-5H3,(H,19,21). The third-order valence-corrected chi connectivity index (χ3v) is 3.17. The average Bonchev–Trinajstić information content (AvgIpc) is 2.45. The first kappa shape index (κ1) is 19.1. The van der Waals surface area contributed by atoms with Gasteiger partial charge in [0.1, 0.15) is 17.1 Å². The fraction of sp³-hybridized carbons (Fsp3) is 0.588. The number of alkyl carbamates (subject to hydrolysis) is 1. The fourth-order valence-corrected chi connectivity index (χ4v) is 2.03. The van der Waals surface area contributed by atoms with Gasteiger partial charge in [-0.1, -0.05) is 0 Å². The van der Waals surface area contributed by atoms with Gasteiger partial charge in [0.2, 0.25) is 0 Å². The summed E-state index contributed by atoms with van der Waals surface area (Å²) < 4.78 is 10.3. The van der Waals surface area contributed by atoms with Crippen LogP contribution in [0.3, 0.4) is 0 Å². The number of benzene rings is 1. The van der Waals surface area contributed by atoms with Crippen molar-refractivity contribution < 1.29 is 19.4 Å². The molecule has 0 aliphatic carbocycles. The topological polar surface area (TPSA) is 79.8 Å². The molecule has 0 bridgehead atoms. The van der Waals surface area contributed by atoms with E-state index in [-0.39, 0.29) is 11.8 Å². The highest BCUT2D eigenvalue weighted by molar-refractivity contribution is 5.67. The van der Waals surface area contributed by atoms with E-state index in [4.69, 9.17) is 9.47 Å². The maximum absolute atomic E-state index is 11.5. The molecular formula is C17H28N2O4. The van der Waals surface area contributed by atoms with Gasteiger partial charge in [-0.15, -0.1) is 0 Å². The van der Waals surface area contributed by atoms with Crippen LogP contribution in [0.1, 0.15) is 45.7 Å². The van der Waals surface area contributed by atoms with E-state index in [1.807, 2.05) is 33.8 Å². The highest BCUT2D eigenvalue weighted by Gasteiger charge is 2.15. The lowest BCUT2D eigenvalue weighted by Crippen LogP contribution is -2.34. The van der Waals surface area contributed by atoms with Crippen LogP contribution in [0.15, 0.2) is 18.2 Å². The molecule has 130 valence electrons. The third kappa shape index (κ3) is 7.23. The molecule has 1 atom stereocenters. The molecule has 0 heterocycles. The van der Waals surface area contributed by atoms with Gasteiger partial charge in [0, 0.05) is 18.2 Å². The van der Waals surface area contributed by atoms with E-state index in [0.29, 0.717) is 18.8 Å². The molecule has 1 rings (SSSR count). The van der Waals surface area contributed by atoms with Crippen molar-refractivity contribution >= 4 is 6.09 Å². The van der Waals surface area contributed by atoms with Crippen LogP contribution >= 0.6 is 0 Å². The second-order valence-electron chi connectivity index (χ2n) is 6.38. The molecule has 1 aromatic rings. The molecule has 0 saturated carbocycles. The van der Waals surface area contributed by atoms with Crippen LogP contribution in [0.4, 0.5) is 4.79 Å². The number of hydrogen-bond acceptors (Lipinski definition) is 5. The Balaban J connectivity index is 2.32. The summed E-state index contributed by atoms with van der Waals surface area (Å²) in [5.74, 6) is 0.940. The summed E-state index contributed by atoms with van der Waals surface area (Å²) in [4.78, 5) is 11.5. The van der Waals surface area contributed by atoms with E-state index in [1.54, 1.807) is 19.2 Å². The molecule has 0 radical (unpaired) electrons. The van der Waals surface area contributed by atoms with Gasteiger partial charge in [0.15, 0.2) is 0 Å². The summed E-state index contributed by atoms with van der Waals surface area (Å²) in [6, 6.07) is 5.13. The van der Waals surface area contributed by atoms with E-state index in [9.17, 15) is 9.90 Å². The normalized spacial score (nSPS) is 12.6. The minimum absolute atomic E-state index is 0.0216. The molecule has 1 aromatic carbocycles. The van der Waals surface area contributed by atoms with Crippen LogP contribution in [0.2, 0.25) is 0 Å². The molecule has 0 fully saturated rings. The Labute approximate surface area is 138 Å². The lowest BCUT2D eigenvalue weighted by Gasteiger charge is -2.20. The first-order chi connectivity index (χ1) is 10.7. The minimum Gasteiger partial charge on any atom is -0.508 e. The lowest BCUT2D eigenvalue weighted by molar-refractivity contribution is 0.0527. The van der Waals surface area contributed by atoms with Gasteiger partial charge in [-0.05, 0) is 58.9 Å². The molecule has 0 aromatic heterocycles. The van der Waals surface area contributed by atoms with Gasteiger partial charge in [-0.3, -0.25) is 0 Å². The zero-order valence-electron chi connectivity index (χ0n) is 14.6. The van der Waals surface area contributed by atoms with Crippen LogP contribution in [-0.4, -0.2) is 37.0 Å². The first-order valence-corrected chi connectivity index (χ1v) is 7.80. The van der Waals surface area contributed by atoms with E-state index in [2.05, 4.69) is 10.6 Å². The predicted octanol–water partition coefficient (Wildman–Crippen LogP) is 2.97. The lowest BCUT2D eigenvalue weighted by atomic mass is 10.1. The van der Waals surface area contributed by atoms with E-state index < -0.39 is 11.7 Å². The van der Waals surface area contributed by atoms with Crippen LogP contribution in [0.5, 0.6) is 11.5 Å². The van der Waals surface area contributed by atoms with Crippen molar-refractivity contribution in [3.63, 3.8) is 0 Å². The van der Waals surface area contributed by atoms with Crippen LogP contribution in [0, 0.1) is 0 Å². The monoisotopic (exact) mass is 324 g/mol. The molecule has 0 aliphatic heterocycles. The predicted molar refractivity (Wildman–Crippen MR) is 89.9 cm³/mol. The van der Waals surface area contributed by atoms with E-state index in [1.165, 1.54) is 0 Å². The molecule has 0 saturated heterocycles. The maximum atomic E-state index is 11.5. The van der Waals surface area contributed by atoms with Crippen molar-refractivity contribution in [3.8, 4) is 11.5 Å². The molecule has 6 nitrogen and oxygen atoms in total. The van der Waals surface area contributed by atoms with Crippen LogP contribution in [-0.2, 0) is 4.74 Å².